The minimum absolute atomic E-state index is 0.0595. The van der Waals surface area contributed by atoms with Gasteiger partial charge in [0.2, 0.25) is 0 Å². The van der Waals surface area contributed by atoms with Crippen LogP contribution in [0.15, 0.2) is 24.3 Å². The molecule has 0 fully saturated rings. The van der Waals surface area contributed by atoms with Crippen molar-refractivity contribution < 1.29 is 5.11 Å². The highest BCUT2D eigenvalue weighted by molar-refractivity contribution is 7.80. The van der Waals surface area contributed by atoms with Crippen molar-refractivity contribution in [1.82, 2.24) is 4.98 Å². The molecule has 1 aromatic heterocycles. The molecular formula is C10H9NOS2. The second-order valence-corrected chi connectivity index (χ2v) is 4.56. The zero-order valence-corrected chi connectivity index (χ0v) is 9.07. The number of aliphatic hydroxyl groups is 1. The first-order chi connectivity index (χ1) is 6.75. The average Bonchev–Trinajstić information content (AvgIpc) is 2.57. The van der Waals surface area contributed by atoms with Crippen LogP contribution in [0.5, 0.6) is 0 Å². The summed E-state index contributed by atoms with van der Waals surface area (Å²) in [5.41, 5.74) is 1.02. The molecule has 0 aliphatic heterocycles. The van der Waals surface area contributed by atoms with Crippen molar-refractivity contribution in [1.29, 1.82) is 0 Å². The fourth-order valence-corrected chi connectivity index (χ4v) is 2.31. The molecule has 2 nitrogen and oxygen atoms in total. The largest absolute Gasteiger partial charge is 0.502 e. The summed E-state index contributed by atoms with van der Waals surface area (Å²) in [5.74, 6) is 0. The predicted molar refractivity (Wildman–Crippen MR) is 63.2 cm³/mol. The fourth-order valence-electron chi connectivity index (χ4n) is 1.24. The van der Waals surface area contributed by atoms with Gasteiger partial charge in [-0.1, -0.05) is 12.1 Å². The molecular weight excluding hydrogens is 214 g/mol. The molecule has 0 spiro atoms. The van der Waals surface area contributed by atoms with Gasteiger partial charge in [0.25, 0.3) is 0 Å². The fraction of sp³-hybridized carbons (Fsp3) is 0.200. The predicted octanol–water partition coefficient (Wildman–Crippen LogP) is 3.11. The molecule has 0 bridgehead atoms. The van der Waals surface area contributed by atoms with Crippen molar-refractivity contribution >= 4 is 38.8 Å². The van der Waals surface area contributed by atoms with E-state index in [-0.39, 0.29) is 5.05 Å². The topological polar surface area (TPSA) is 33.1 Å². The number of hydrogen-bond acceptors (Lipinski definition) is 3. The number of thiazole rings is 1. The summed E-state index contributed by atoms with van der Waals surface area (Å²) >= 11 is 6.27. The monoisotopic (exact) mass is 223 g/mol. The summed E-state index contributed by atoms with van der Waals surface area (Å²) in [4.78, 5) is 4.43. The molecule has 2 rings (SSSR count). The summed E-state index contributed by atoms with van der Waals surface area (Å²) < 4.78 is 1.19. The Morgan fingerprint density at radius 1 is 1.43 bits per heavy atom. The molecule has 1 aromatic carbocycles. The van der Waals surface area contributed by atoms with Crippen LogP contribution in [0, 0.1) is 0 Å². The Balaban J connectivity index is 2.22. The number of fused-ring (bicyclic) bond motifs is 1. The van der Waals surface area contributed by atoms with Crippen LogP contribution >= 0.6 is 23.6 Å². The molecule has 0 amide bonds. The lowest BCUT2D eigenvalue weighted by atomic mass is 10.3. The van der Waals surface area contributed by atoms with E-state index in [1.54, 1.807) is 11.3 Å². The third-order valence-electron chi connectivity index (χ3n) is 1.89. The van der Waals surface area contributed by atoms with Gasteiger partial charge in [-0.2, -0.15) is 0 Å². The van der Waals surface area contributed by atoms with Gasteiger partial charge in [0.05, 0.1) is 15.2 Å². The van der Waals surface area contributed by atoms with Crippen LogP contribution < -0.4 is 0 Å². The quantitative estimate of drug-likeness (QED) is 0.812. The van der Waals surface area contributed by atoms with Gasteiger partial charge in [-0.15, -0.1) is 11.3 Å². The summed E-state index contributed by atoms with van der Waals surface area (Å²) in [6.07, 6.45) is 1.25. The molecule has 0 radical (unpaired) electrons. The first-order valence-electron chi connectivity index (χ1n) is 4.32. The summed E-state index contributed by atoms with van der Waals surface area (Å²) in [6.45, 7) is 0. The number of thiocarbonyl (C=S) groups is 1. The van der Waals surface area contributed by atoms with E-state index in [0.717, 1.165) is 16.9 Å². The average molecular weight is 223 g/mol. The Morgan fingerprint density at radius 3 is 2.93 bits per heavy atom. The summed E-state index contributed by atoms with van der Waals surface area (Å²) in [7, 11) is 0. The zero-order valence-electron chi connectivity index (χ0n) is 7.43. The molecule has 0 atom stereocenters. The second-order valence-electron chi connectivity index (χ2n) is 2.97. The van der Waals surface area contributed by atoms with Crippen molar-refractivity contribution in [3.63, 3.8) is 0 Å². The van der Waals surface area contributed by atoms with Gasteiger partial charge in [0, 0.05) is 12.8 Å². The van der Waals surface area contributed by atoms with Crippen molar-refractivity contribution in [2.75, 3.05) is 0 Å². The van der Waals surface area contributed by atoms with E-state index in [1.165, 1.54) is 4.70 Å². The number of aryl methyl sites for hydroxylation is 1. The standard InChI is InChI=1S/C10H9NOS2/c12-10(13)6-5-9-11-7-3-1-2-4-8(7)14-9/h1-4H,5-6H2,(H,12,13). The molecule has 1 N–H and O–H groups in total. The lowest BCUT2D eigenvalue weighted by Gasteiger charge is -1.91. The van der Waals surface area contributed by atoms with E-state index in [0.29, 0.717) is 6.42 Å². The Kier molecular flexibility index (Phi) is 2.74. The Morgan fingerprint density at radius 2 is 2.21 bits per heavy atom. The van der Waals surface area contributed by atoms with Crippen molar-refractivity contribution in [2.45, 2.75) is 12.8 Å². The van der Waals surface area contributed by atoms with Crippen LogP contribution in [-0.4, -0.2) is 15.1 Å². The third-order valence-corrected chi connectivity index (χ3v) is 3.19. The molecule has 0 saturated heterocycles. The van der Waals surface area contributed by atoms with Crippen molar-refractivity contribution in [3.8, 4) is 0 Å². The lowest BCUT2D eigenvalue weighted by Crippen LogP contribution is -1.93. The molecule has 0 saturated carbocycles. The molecule has 0 aliphatic carbocycles. The van der Waals surface area contributed by atoms with E-state index in [9.17, 15) is 0 Å². The van der Waals surface area contributed by atoms with E-state index in [1.807, 2.05) is 24.3 Å². The second kappa shape index (κ2) is 4.02. The third kappa shape index (κ3) is 2.08. The first kappa shape index (κ1) is 9.55. The van der Waals surface area contributed by atoms with Gasteiger partial charge >= 0.3 is 0 Å². The number of rotatable bonds is 3. The zero-order chi connectivity index (χ0) is 9.97. The van der Waals surface area contributed by atoms with Crippen LogP contribution in [0.1, 0.15) is 11.4 Å². The van der Waals surface area contributed by atoms with Gasteiger partial charge in [-0.25, -0.2) is 4.98 Å². The van der Waals surface area contributed by atoms with E-state index in [2.05, 4.69) is 17.2 Å². The number of para-hydroxylation sites is 1. The number of aliphatic hydroxyl groups excluding tert-OH is 1. The maximum absolute atomic E-state index is 8.90. The highest BCUT2D eigenvalue weighted by Gasteiger charge is 2.03. The highest BCUT2D eigenvalue weighted by atomic mass is 32.1. The lowest BCUT2D eigenvalue weighted by molar-refractivity contribution is 0.548. The number of nitrogens with zero attached hydrogens (tertiary/aromatic N) is 1. The molecule has 2 aromatic rings. The summed E-state index contributed by atoms with van der Waals surface area (Å²) in [5, 5.41) is 9.99. The molecule has 1 heterocycles. The molecule has 14 heavy (non-hydrogen) atoms. The molecule has 0 aliphatic rings. The molecule has 72 valence electrons. The normalized spacial score (nSPS) is 10.6. The Labute approximate surface area is 91.2 Å². The van der Waals surface area contributed by atoms with Crippen LogP contribution in [0.3, 0.4) is 0 Å². The summed E-state index contributed by atoms with van der Waals surface area (Å²) in [6, 6.07) is 8.02. The highest BCUT2D eigenvalue weighted by Crippen LogP contribution is 2.22. The van der Waals surface area contributed by atoms with Crippen molar-refractivity contribution in [3.05, 3.63) is 29.3 Å². The van der Waals surface area contributed by atoms with E-state index >= 15 is 0 Å². The van der Waals surface area contributed by atoms with Gasteiger partial charge in [0.1, 0.15) is 0 Å². The Hall–Kier alpha value is -1.00. The van der Waals surface area contributed by atoms with E-state index < -0.39 is 0 Å². The van der Waals surface area contributed by atoms with Gasteiger partial charge in [-0.05, 0) is 24.4 Å². The minimum atomic E-state index is 0.0595. The smallest absolute Gasteiger partial charge is 0.156 e. The molecule has 4 heteroatoms. The van der Waals surface area contributed by atoms with Crippen LogP contribution in [0.4, 0.5) is 0 Å². The first-order valence-corrected chi connectivity index (χ1v) is 5.54. The Bertz CT molecular complexity index is 431. The number of aromatic nitrogens is 1. The van der Waals surface area contributed by atoms with Crippen LogP contribution in [-0.2, 0) is 6.42 Å². The molecule has 0 unspecified atom stereocenters. The van der Waals surface area contributed by atoms with Gasteiger partial charge in [-0.3, -0.25) is 0 Å². The minimum Gasteiger partial charge on any atom is -0.502 e. The maximum atomic E-state index is 8.90. The van der Waals surface area contributed by atoms with Crippen molar-refractivity contribution in [2.24, 2.45) is 0 Å². The van der Waals surface area contributed by atoms with Gasteiger partial charge < -0.3 is 5.11 Å². The number of hydrogen-bond donors (Lipinski definition) is 1. The maximum Gasteiger partial charge on any atom is 0.156 e. The number of benzene rings is 1. The van der Waals surface area contributed by atoms with Crippen LogP contribution in [0.2, 0.25) is 0 Å². The van der Waals surface area contributed by atoms with Gasteiger partial charge in [0.15, 0.2) is 5.05 Å². The van der Waals surface area contributed by atoms with E-state index in [4.69, 9.17) is 5.11 Å². The SMILES string of the molecule is OC(=S)CCc1nc2ccccc2s1. The van der Waals surface area contributed by atoms with Crippen LogP contribution in [0.25, 0.3) is 10.2 Å².